The van der Waals surface area contributed by atoms with E-state index in [1.54, 1.807) is 49.4 Å². The number of carbonyl (C=O) groups excluding carboxylic acids is 1. The Morgan fingerprint density at radius 2 is 1.59 bits per heavy atom. The molecular weight excluding hydrogens is 385 g/mol. The second kappa shape index (κ2) is 8.80. The van der Waals surface area contributed by atoms with Crippen molar-refractivity contribution in [3.63, 3.8) is 0 Å². The third-order valence-electron chi connectivity index (χ3n) is 3.67. The monoisotopic (exact) mass is 401 g/mol. The van der Waals surface area contributed by atoms with E-state index in [1.807, 2.05) is 30.3 Å². The van der Waals surface area contributed by atoms with Crippen LogP contribution >= 0.6 is 23.2 Å². The Hall–Kier alpha value is -2.69. The van der Waals surface area contributed by atoms with Crippen molar-refractivity contribution in [2.24, 2.45) is 0 Å². The van der Waals surface area contributed by atoms with Crippen molar-refractivity contribution in [1.29, 1.82) is 0 Å². The number of benzene rings is 3. The molecule has 1 atom stereocenters. The van der Waals surface area contributed by atoms with Crippen molar-refractivity contribution in [2.45, 2.75) is 13.0 Å². The van der Waals surface area contributed by atoms with Crippen molar-refractivity contribution in [1.82, 2.24) is 0 Å². The maximum Gasteiger partial charge on any atom is 0.265 e. The Morgan fingerprint density at radius 3 is 2.26 bits per heavy atom. The molecule has 0 fully saturated rings. The summed E-state index contributed by atoms with van der Waals surface area (Å²) in [5.74, 6) is 1.53. The zero-order valence-corrected chi connectivity index (χ0v) is 16.0. The first-order valence-corrected chi connectivity index (χ1v) is 9.02. The van der Waals surface area contributed by atoms with Crippen molar-refractivity contribution < 1.29 is 14.3 Å². The molecule has 0 aromatic heterocycles. The van der Waals surface area contributed by atoms with Crippen LogP contribution in [0.25, 0.3) is 0 Å². The Morgan fingerprint density at radius 1 is 0.926 bits per heavy atom. The van der Waals surface area contributed by atoms with Gasteiger partial charge in [0.1, 0.15) is 17.2 Å². The lowest BCUT2D eigenvalue weighted by Crippen LogP contribution is -2.30. The molecule has 0 radical (unpaired) electrons. The van der Waals surface area contributed by atoms with Crippen LogP contribution in [0.15, 0.2) is 72.8 Å². The van der Waals surface area contributed by atoms with E-state index < -0.39 is 6.10 Å². The van der Waals surface area contributed by atoms with Crippen LogP contribution < -0.4 is 14.8 Å². The predicted molar refractivity (Wildman–Crippen MR) is 108 cm³/mol. The van der Waals surface area contributed by atoms with Gasteiger partial charge in [-0.3, -0.25) is 4.79 Å². The molecule has 1 N–H and O–H groups in total. The third-order valence-corrected chi connectivity index (χ3v) is 4.20. The van der Waals surface area contributed by atoms with E-state index in [4.69, 9.17) is 32.7 Å². The number of hydrogen-bond acceptors (Lipinski definition) is 3. The molecule has 3 rings (SSSR count). The third kappa shape index (κ3) is 5.39. The molecule has 0 saturated carbocycles. The Labute approximate surface area is 167 Å². The smallest absolute Gasteiger partial charge is 0.265 e. The minimum atomic E-state index is -0.732. The fourth-order valence-corrected chi connectivity index (χ4v) is 2.74. The van der Waals surface area contributed by atoms with E-state index in [9.17, 15) is 4.79 Å². The van der Waals surface area contributed by atoms with Crippen LogP contribution in [0.2, 0.25) is 10.0 Å². The molecule has 4 nitrogen and oxygen atoms in total. The van der Waals surface area contributed by atoms with Gasteiger partial charge in [0, 0.05) is 10.7 Å². The first kappa shape index (κ1) is 19.1. The lowest BCUT2D eigenvalue weighted by atomic mass is 10.2. The van der Waals surface area contributed by atoms with E-state index in [1.165, 1.54) is 0 Å². The summed E-state index contributed by atoms with van der Waals surface area (Å²) in [4.78, 5) is 12.3. The minimum absolute atomic E-state index is 0.294. The van der Waals surface area contributed by atoms with Gasteiger partial charge >= 0.3 is 0 Å². The predicted octanol–water partition coefficient (Wildman–Crippen LogP) is 6.19. The van der Waals surface area contributed by atoms with Crippen LogP contribution in [0.4, 0.5) is 5.69 Å². The van der Waals surface area contributed by atoms with E-state index in [-0.39, 0.29) is 5.91 Å². The van der Waals surface area contributed by atoms with E-state index >= 15 is 0 Å². The molecule has 0 saturated heterocycles. The van der Waals surface area contributed by atoms with E-state index in [2.05, 4.69) is 5.32 Å². The van der Waals surface area contributed by atoms with E-state index in [0.29, 0.717) is 27.2 Å². The molecular formula is C21H17Cl2NO3. The SMILES string of the molecule is C[C@@H](Oc1ccc(Cl)cc1Cl)C(=O)Nc1ccc(Oc2ccccc2)cc1. The number of nitrogens with one attached hydrogen (secondary N) is 1. The first-order valence-electron chi connectivity index (χ1n) is 8.27. The van der Waals surface area contributed by atoms with Crippen molar-refractivity contribution >= 4 is 34.8 Å². The van der Waals surface area contributed by atoms with Gasteiger partial charge in [0.05, 0.1) is 5.02 Å². The first-order chi connectivity index (χ1) is 13.0. The maximum absolute atomic E-state index is 12.3. The molecule has 0 spiro atoms. The number of amides is 1. The molecule has 6 heteroatoms. The number of para-hydroxylation sites is 1. The number of rotatable bonds is 6. The van der Waals surface area contributed by atoms with Gasteiger partial charge in [0.15, 0.2) is 6.10 Å². The zero-order valence-electron chi connectivity index (χ0n) is 14.5. The maximum atomic E-state index is 12.3. The average Bonchev–Trinajstić information content (AvgIpc) is 2.66. The molecule has 3 aromatic carbocycles. The summed E-state index contributed by atoms with van der Waals surface area (Å²) in [6.07, 6.45) is -0.732. The van der Waals surface area contributed by atoms with Gasteiger partial charge < -0.3 is 14.8 Å². The summed E-state index contributed by atoms with van der Waals surface area (Å²) in [5.41, 5.74) is 0.637. The Bertz CT molecular complexity index is 914. The molecule has 0 aliphatic heterocycles. The Balaban J connectivity index is 1.58. The van der Waals surface area contributed by atoms with Gasteiger partial charge in [-0.1, -0.05) is 41.4 Å². The molecule has 0 aliphatic carbocycles. The van der Waals surface area contributed by atoms with Crippen LogP contribution in [0.3, 0.4) is 0 Å². The van der Waals surface area contributed by atoms with Crippen LogP contribution in [0.1, 0.15) is 6.92 Å². The van der Waals surface area contributed by atoms with Crippen molar-refractivity contribution in [3.8, 4) is 17.2 Å². The highest BCUT2D eigenvalue weighted by atomic mass is 35.5. The molecule has 138 valence electrons. The lowest BCUT2D eigenvalue weighted by molar-refractivity contribution is -0.122. The molecule has 0 unspecified atom stereocenters. The molecule has 0 heterocycles. The van der Waals surface area contributed by atoms with Crippen molar-refractivity contribution in [2.75, 3.05) is 5.32 Å². The standard InChI is InChI=1S/C21H17Cl2NO3/c1-14(26-20-12-7-15(22)13-19(20)23)21(25)24-16-8-10-18(11-9-16)27-17-5-3-2-4-6-17/h2-14H,1H3,(H,24,25)/t14-/m1/s1. The van der Waals surface area contributed by atoms with Crippen molar-refractivity contribution in [3.05, 3.63) is 82.8 Å². The summed E-state index contributed by atoms with van der Waals surface area (Å²) in [5, 5.41) is 3.65. The number of halogens is 2. The molecule has 27 heavy (non-hydrogen) atoms. The highest BCUT2D eigenvalue weighted by Gasteiger charge is 2.16. The van der Waals surface area contributed by atoms with Gasteiger partial charge in [-0.2, -0.15) is 0 Å². The number of ether oxygens (including phenoxy) is 2. The lowest BCUT2D eigenvalue weighted by Gasteiger charge is -2.16. The highest BCUT2D eigenvalue weighted by Crippen LogP contribution is 2.28. The number of anilines is 1. The molecule has 3 aromatic rings. The average molecular weight is 402 g/mol. The molecule has 0 bridgehead atoms. The minimum Gasteiger partial charge on any atom is -0.479 e. The molecule has 0 aliphatic rings. The van der Waals surface area contributed by atoms with Gasteiger partial charge in [0.25, 0.3) is 5.91 Å². The summed E-state index contributed by atoms with van der Waals surface area (Å²) in [7, 11) is 0. The van der Waals surface area contributed by atoms with Gasteiger partial charge in [-0.05, 0) is 61.5 Å². The van der Waals surface area contributed by atoms with Crippen LogP contribution in [0.5, 0.6) is 17.2 Å². The van der Waals surface area contributed by atoms with Gasteiger partial charge in [-0.15, -0.1) is 0 Å². The summed E-state index contributed by atoms with van der Waals surface area (Å²) in [6.45, 7) is 1.65. The van der Waals surface area contributed by atoms with E-state index in [0.717, 1.165) is 5.75 Å². The second-order valence-electron chi connectivity index (χ2n) is 5.76. The van der Waals surface area contributed by atoms with Gasteiger partial charge in [-0.25, -0.2) is 0 Å². The highest BCUT2D eigenvalue weighted by molar-refractivity contribution is 6.35. The summed E-state index contributed by atoms with van der Waals surface area (Å²) < 4.78 is 11.3. The fraction of sp³-hybridized carbons (Fsp3) is 0.0952. The topological polar surface area (TPSA) is 47.6 Å². The fourth-order valence-electron chi connectivity index (χ4n) is 2.29. The van der Waals surface area contributed by atoms with Crippen LogP contribution in [0, 0.1) is 0 Å². The number of hydrogen-bond donors (Lipinski definition) is 1. The van der Waals surface area contributed by atoms with Crippen LogP contribution in [-0.2, 0) is 4.79 Å². The largest absolute Gasteiger partial charge is 0.479 e. The summed E-state index contributed by atoms with van der Waals surface area (Å²) >= 11 is 11.9. The number of carbonyl (C=O) groups is 1. The summed E-state index contributed by atoms with van der Waals surface area (Å²) in [6, 6.07) is 21.4. The van der Waals surface area contributed by atoms with Crippen LogP contribution in [-0.4, -0.2) is 12.0 Å². The zero-order chi connectivity index (χ0) is 19.2. The second-order valence-corrected chi connectivity index (χ2v) is 6.61. The Kier molecular flexibility index (Phi) is 6.22. The molecule has 1 amide bonds. The van der Waals surface area contributed by atoms with Gasteiger partial charge in [0.2, 0.25) is 0 Å². The normalized spacial score (nSPS) is 11.5. The quantitative estimate of drug-likeness (QED) is 0.535.